The molecule has 0 aliphatic heterocycles. The van der Waals surface area contributed by atoms with Crippen LogP contribution in [0.25, 0.3) is 0 Å². The number of hydrogen-bond donors (Lipinski definition) is 1. The number of nitrogens with zero attached hydrogens (tertiary/aromatic N) is 1. The highest BCUT2D eigenvalue weighted by Gasteiger charge is 2.09. The maximum atomic E-state index is 10.9. The van der Waals surface area contributed by atoms with Crippen LogP contribution in [0.5, 0.6) is 0 Å². The number of hydrogen-bond acceptors (Lipinski definition) is 3. The van der Waals surface area contributed by atoms with Gasteiger partial charge in [0.25, 0.3) is 0 Å². The van der Waals surface area contributed by atoms with Crippen LogP contribution in [0, 0.1) is 0 Å². The molecular weight excluding hydrogens is 224 g/mol. The summed E-state index contributed by atoms with van der Waals surface area (Å²) in [5.41, 5.74) is 1.25. The summed E-state index contributed by atoms with van der Waals surface area (Å²) in [6.07, 6.45) is 0.823. The summed E-state index contributed by atoms with van der Waals surface area (Å²) in [6.45, 7) is 0. The van der Waals surface area contributed by atoms with E-state index in [-0.39, 0.29) is 0 Å². The minimum Gasteiger partial charge on any atom is -0.464 e. The fraction of sp³-hybridized carbons (Fsp3) is 0.429. The zero-order valence-electron chi connectivity index (χ0n) is 6.63. The molecule has 0 aliphatic rings. The number of ether oxygens (including phenoxy) is 1. The molecule has 1 N–H and O–H groups in total. The monoisotopic (exact) mass is 232 g/mol. The Balaban J connectivity index is 2.70. The normalized spacial score (nSPS) is 9.83. The molecule has 0 aromatic carbocycles. The molecule has 0 unspecified atom stereocenters. The Morgan fingerprint density at radius 1 is 1.83 bits per heavy atom. The molecule has 0 spiro atoms. The number of carbonyl (C=O) groups excluding carboxylic acids is 1. The fourth-order valence-electron chi connectivity index (χ4n) is 0.801. The Morgan fingerprint density at radius 3 is 3.17 bits per heavy atom. The van der Waals surface area contributed by atoms with Crippen LogP contribution in [0.2, 0.25) is 0 Å². The molecule has 0 atom stereocenters. The average Bonchev–Trinajstić information content (AvgIpc) is 2.52. The number of rotatable bonds is 3. The Hall–Kier alpha value is -0.840. The van der Waals surface area contributed by atoms with Crippen molar-refractivity contribution in [3.8, 4) is 0 Å². The van der Waals surface area contributed by atoms with Crippen LogP contribution in [-0.4, -0.2) is 28.6 Å². The summed E-state index contributed by atoms with van der Waals surface area (Å²) in [5.74, 6) is -0.410. The van der Waals surface area contributed by atoms with E-state index in [4.69, 9.17) is 0 Å². The highest BCUT2D eigenvalue weighted by molar-refractivity contribution is 9.09. The third kappa shape index (κ3) is 2.07. The molecule has 1 aromatic rings. The van der Waals surface area contributed by atoms with Crippen LogP contribution in [-0.2, 0) is 11.2 Å². The maximum Gasteiger partial charge on any atom is 0.358 e. The topological polar surface area (TPSA) is 55.0 Å². The molecule has 0 bridgehead atoms. The summed E-state index contributed by atoms with van der Waals surface area (Å²) in [6, 6.07) is 1.69. The quantitative estimate of drug-likeness (QED) is 0.629. The van der Waals surface area contributed by atoms with Crippen LogP contribution in [0.3, 0.4) is 0 Å². The smallest absolute Gasteiger partial charge is 0.358 e. The van der Waals surface area contributed by atoms with E-state index in [0.29, 0.717) is 5.69 Å². The highest BCUT2D eigenvalue weighted by Crippen LogP contribution is 2.02. The number of aromatic amines is 1. The van der Waals surface area contributed by atoms with E-state index in [1.807, 2.05) is 0 Å². The number of aromatic nitrogens is 2. The molecular formula is C7H9BrN2O2. The number of aryl methyl sites for hydroxylation is 1. The van der Waals surface area contributed by atoms with Crippen LogP contribution in [0.4, 0.5) is 0 Å². The predicted molar refractivity (Wildman–Crippen MR) is 47.4 cm³/mol. The van der Waals surface area contributed by atoms with Crippen molar-refractivity contribution in [2.45, 2.75) is 6.42 Å². The first-order chi connectivity index (χ1) is 5.77. The number of nitrogens with one attached hydrogen (secondary N) is 1. The molecule has 0 radical (unpaired) electrons. The molecule has 5 heteroatoms. The summed E-state index contributed by atoms with van der Waals surface area (Å²) < 4.78 is 4.49. The molecule has 1 heterocycles. The van der Waals surface area contributed by atoms with E-state index >= 15 is 0 Å². The van der Waals surface area contributed by atoms with Gasteiger partial charge in [-0.2, -0.15) is 5.10 Å². The van der Waals surface area contributed by atoms with Gasteiger partial charge in [0.2, 0.25) is 0 Å². The Bertz CT molecular complexity index is 272. The van der Waals surface area contributed by atoms with Crippen molar-refractivity contribution in [3.63, 3.8) is 0 Å². The fourth-order valence-corrected chi connectivity index (χ4v) is 1.23. The van der Waals surface area contributed by atoms with Gasteiger partial charge in [0, 0.05) is 11.0 Å². The van der Waals surface area contributed by atoms with Crippen molar-refractivity contribution < 1.29 is 9.53 Å². The van der Waals surface area contributed by atoms with Gasteiger partial charge in [-0.15, -0.1) is 0 Å². The summed E-state index contributed by atoms with van der Waals surface area (Å²) >= 11 is 3.29. The lowest BCUT2D eigenvalue weighted by Gasteiger charge is -1.89. The molecule has 4 nitrogen and oxygen atoms in total. The second-order valence-corrected chi connectivity index (χ2v) is 3.00. The van der Waals surface area contributed by atoms with Crippen molar-refractivity contribution in [1.29, 1.82) is 0 Å². The van der Waals surface area contributed by atoms with E-state index < -0.39 is 5.97 Å². The average molecular weight is 233 g/mol. The number of alkyl halides is 1. The van der Waals surface area contributed by atoms with E-state index in [1.165, 1.54) is 7.11 Å². The van der Waals surface area contributed by atoms with Crippen molar-refractivity contribution in [3.05, 3.63) is 17.5 Å². The Labute approximate surface area is 78.4 Å². The second-order valence-electron chi connectivity index (χ2n) is 2.21. The van der Waals surface area contributed by atoms with E-state index in [0.717, 1.165) is 17.4 Å². The van der Waals surface area contributed by atoms with Gasteiger partial charge < -0.3 is 4.74 Å². The Morgan fingerprint density at radius 2 is 2.58 bits per heavy atom. The van der Waals surface area contributed by atoms with Gasteiger partial charge in [-0.3, -0.25) is 5.10 Å². The molecule has 66 valence electrons. The molecule has 0 saturated carbocycles. The molecule has 0 aliphatic carbocycles. The molecule has 1 rings (SSSR count). The standard InChI is InChI=1S/C7H9BrN2O2/c1-12-7(11)6-4-5(2-3-8)9-10-6/h4H,2-3H2,1H3,(H,9,10). The summed E-state index contributed by atoms with van der Waals surface area (Å²) in [4.78, 5) is 10.9. The van der Waals surface area contributed by atoms with Gasteiger partial charge in [0.15, 0.2) is 5.69 Å². The maximum absolute atomic E-state index is 10.9. The Kier molecular flexibility index (Phi) is 3.28. The van der Waals surface area contributed by atoms with Crippen LogP contribution >= 0.6 is 15.9 Å². The van der Waals surface area contributed by atoms with Crippen molar-refractivity contribution in [2.24, 2.45) is 0 Å². The number of carbonyl (C=O) groups is 1. The zero-order valence-corrected chi connectivity index (χ0v) is 8.22. The lowest BCUT2D eigenvalue weighted by Crippen LogP contribution is -2.00. The van der Waals surface area contributed by atoms with Crippen molar-refractivity contribution >= 4 is 21.9 Å². The molecule has 0 saturated heterocycles. The third-order valence-electron chi connectivity index (χ3n) is 1.39. The van der Waals surface area contributed by atoms with E-state index in [1.54, 1.807) is 6.07 Å². The van der Waals surface area contributed by atoms with Gasteiger partial charge in [-0.25, -0.2) is 4.79 Å². The molecule has 12 heavy (non-hydrogen) atoms. The van der Waals surface area contributed by atoms with Crippen molar-refractivity contribution in [2.75, 3.05) is 12.4 Å². The lowest BCUT2D eigenvalue weighted by molar-refractivity contribution is 0.0594. The molecule has 0 fully saturated rings. The van der Waals surface area contributed by atoms with Gasteiger partial charge in [-0.1, -0.05) is 15.9 Å². The van der Waals surface area contributed by atoms with Gasteiger partial charge >= 0.3 is 5.97 Å². The highest BCUT2D eigenvalue weighted by atomic mass is 79.9. The SMILES string of the molecule is COC(=O)c1cc(CCBr)[nH]n1. The number of methoxy groups -OCH3 is 1. The minimum absolute atomic E-state index is 0.327. The second kappa shape index (κ2) is 4.25. The predicted octanol–water partition coefficient (Wildman–Crippen LogP) is 1.13. The first kappa shape index (κ1) is 9.25. The van der Waals surface area contributed by atoms with Gasteiger partial charge in [0.1, 0.15) is 0 Å². The molecule has 1 aromatic heterocycles. The van der Waals surface area contributed by atoms with Gasteiger partial charge in [-0.05, 0) is 12.5 Å². The minimum atomic E-state index is -0.410. The third-order valence-corrected chi connectivity index (χ3v) is 1.79. The first-order valence-electron chi connectivity index (χ1n) is 3.46. The van der Waals surface area contributed by atoms with Gasteiger partial charge in [0.05, 0.1) is 7.11 Å². The van der Waals surface area contributed by atoms with Crippen molar-refractivity contribution in [1.82, 2.24) is 10.2 Å². The zero-order chi connectivity index (χ0) is 8.97. The summed E-state index contributed by atoms with van der Waals surface area (Å²) in [5, 5.41) is 7.37. The largest absolute Gasteiger partial charge is 0.464 e. The number of H-pyrrole nitrogens is 1. The number of halogens is 1. The summed E-state index contributed by atoms with van der Waals surface area (Å²) in [7, 11) is 1.33. The van der Waals surface area contributed by atoms with Crippen LogP contribution < -0.4 is 0 Å². The number of esters is 1. The van der Waals surface area contributed by atoms with E-state index in [2.05, 4.69) is 30.9 Å². The lowest BCUT2D eigenvalue weighted by atomic mass is 10.3. The van der Waals surface area contributed by atoms with Crippen LogP contribution in [0.15, 0.2) is 6.07 Å². The van der Waals surface area contributed by atoms with Crippen LogP contribution in [0.1, 0.15) is 16.2 Å². The first-order valence-corrected chi connectivity index (χ1v) is 4.58. The molecule has 0 amide bonds. The van der Waals surface area contributed by atoms with E-state index in [9.17, 15) is 4.79 Å².